The Morgan fingerprint density at radius 1 is 1.48 bits per heavy atom. The Hall–Kier alpha value is -1.22. The second-order valence-corrected chi connectivity index (χ2v) is 6.23. The van der Waals surface area contributed by atoms with Crippen LogP contribution in [-0.4, -0.2) is 19.7 Å². The first-order chi connectivity index (χ1) is 10.1. The van der Waals surface area contributed by atoms with Gasteiger partial charge >= 0.3 is 5.97 Å². The summed E-state index contributed by atoms with van der Waals surface area (Å²) in [5, 5.41) is 0.723. The lowest BCUT2D eigenvalue weighted by Crippen LogP contribution is -2.07. The SMILES string of the molecule is CCCOc1ccc(Cl)cc1C(C)CC1CC1C(=O)OC. The molecule has 0 radical (unpaired) electrons. The molecule has 2 rings (SSSR count). The zero-order valence-electron chi connectivity index (χ0n) is 12.9. The first kappa shape index (κ1) is 16.2. The third-order valence-electron chi connectivity index (χ3n) is 4.05. The van der Waals surface area contributed by atoms with Crippen LogP contribution in [0.3, 0.4) is 0 Å². The van der Waals surface area contributed by atoms with Crippen molar-refractivity contribution in [2.24, 2.45) is 11.8 Å². The maximum absolute atomic E-state index is 11.5. The number of carbonyl (C=O) groups excluding carboxylic acids is 1. The molecule has 21 heavy (non-hydrogen) atoms. The minimum Gasteiger partial charge on any atom is -0.493 e. The van der Waals surface area contributed by atoms with E-state index in [0.717, 1.165) is 35.6 Å². The van der Waals surface area contributed by atoms with Crippen molar-refractivity contribution in [2.45, 2.75) is 39.0 Å². The second-order valence-electron chi connectivity index (χ2n) is 5.79. The molecule has 3 unspecified atom stereocenters. The van der Waals surface area contributed by atoms with Crippen molar-refractivity contribution in [1.82, 2.24) is 0 Å². The molecule has 3 nitrogen and oxygen atoms in total. The highest BCUT2D eigenvalue weighted by atomic mass is 35.5. The number of halogens is 1. The summed E-state index contributed by atoms with van der Waals surface area (Å²) < 4.78 is 10.6. The second kappa shape index (κ2) is 7.17. The van der Waals surface area contributed by atoms with Crippen molar-refractivity contribution in [2.75, 3.05) is 13.7 Å². The molecule has 0 N–H and O–H groups in total. The van der Waals surface area contributed by atoms with Crippen LogP contribution in [0.15, 0.2) is 18.2 Å². The van der Waals surface area contributed by atoms with Crippen LogP contribution in [0.25, 0.3) is 0 Å². The summed E-state index contributed by atoms with van der Waals surface area (Å²) in [7, 11) is 1.45. The standard InChI is InChI=1S/C17H23ClO3/c1-4-7-21-16-6-5-13(18)10-14(16)11(2)8-12-9-15(12)17(19)20-3/h5-6,10-12,15H,4,7-9H2,1-3H3. The van der Waals surface area contributed by atoms with Gasteiger partial charge in [0.15, 0.2) is 0 Å². The van der Waals surface area contributed by atoms with Gasteiger partial charge in [0.05, 0.1) is 19.6 Å². The van der Waals surface area contributed by atoms with Gasteiger partial charge in [-0.3, -0.25) is 4.79 Å². The Labute approximate surface area is 131 Å². The molecule has 1 saturated carbocycles. The number of rotatable bonds is 7. The van der Waals surface area contributed by atoms with Crippen LogP contribution in [0.2, 0.25) is 5.02 Å². The monoisotopic (exact) mass is 310 g/mol. The Balaban J connectivity index is 2.03. The van der Waals surface area contributed by atoms with Gasteiger partial charge in [-0.1, -0.05) is 25.4 Å². The molecule has 1 aliphatic carbocycles. The number of hydrogen-bond donors (Lipinski definition) is 0. The molecule has 1 aromatic carbocycles. The molecule has 0 amide bonds. The van der Waals surface area contributed by atoms with Crippen LogP contribution in [0.4, 0.5) is 0 Å². The van der Waals surface area contributed by atoms with E-state index < -0.39 is 0 Å². The van der Waals surface area contributed by atoms with Crippen molar-refractivity contribution in [3.8, 4) is 5.75 Å². The fourth-order valence-electron chi connectivity index (χ4n) is 2.78. The Bertz CT molecular complexity index is 501. The fourth-order valence-corrected chi connectivity index (χ4v) is 2.96. The average Bonchev–Trinajstić information content (AvgIpc) is 3.24. The van der Waals surface area contributed by atoms with Crippen LogP contribution in [-0.2, 0) is 9.53 Å². The van der Waals surface area contributed by atoms with E-state index in [0.29, 0.717) is 18.4 Å². The normalized spacial score (nSPS) is 21.7. The van der Waals surface area contributed by atoms with Gasteiger partial charge < -0.3 is 9.47 Å². The van der Waals surface area contributed by atoms with Gasteiger partial charge in [0.2, 0.25) is 0 Å². The van der Waals surface area contributed by atoms with Gasteiger partial charge in [0, 0.05) is 5.02 Å². The van der Waals surface area contributed by atoms with Gasteiger partial charge in [0.1, 0.15) is 5.75 Å². The summed E-state index contributed by atoms with van der Waals surface area (Å²) in [6, 6.07) is 5.78. The Kier molecular flexibility index (Phi) is 5.51. The molecule has 0 heterocycles. The summed E-state index contributed by atoms with van der Waals surface area (Å²) >= 11 is 6.12. The number of benzene rings is 1. The lowest BCUT2D eigenvalue weighted by atomic mass is 9.94. The van der Waals surface area contributed by atoms with Gasteiger partial charge in [-0.25, -0.2) is 0 Å². The van der Waals surface area contributed by atoms with Gasteiger partial charge in [-0.05, 0) is 54.9 Å². The van der Waals surface area contributed by atoms with E-state index in [4.69, 9.17) is 21.1 Å². The molecule has 1 fully saturated rings. The van der Waals surface area contributed by atoms with E-state index in [-0.39, 0.29) is 11.9 Å². The van der Waals surface area contributed by atoms with Gasteiger partial charge in [-0.2, -0.15) is 0 Å². The molecule has 4 heteroatoms. The van der Waals surface area contributed by atoms with Crippen LogP contribution < -0.4 is 4.74 Å². The molecule has 0 aromatic heterocycles. The summed E-state index contributed by atoms with van der Waals surface area (Å²) in [5.41, 5.74) is 1.13. The van der Waals surface area contributed by atoms with Gasteiger partial charge in [-0.15, -0.1) is 0 Å². The van der Waals surface area contributed by atoms with Crippen LogP contribution in [0, 0.1) is 11.8 Å². The summed E-state index contributed by atoms with van der Waals surface area (Å²) in [6.07, 6.45) is 2.87. The molecule has 3 atom stereocenters. The maximum Gasteiger partial charge on any atom is 0.308 e. The zero-order chi connectivity index (χ0) is 15.4. The number of carbonyl (C=O) groups is 1. The highest BCUT2D eigenvalue weighted by molar-refractivity contribution is 6.30. The molecule has 1 aliphatic rings. The first-order valence-electron chi connectivity index (χ1n) is 7.56. The van der Waals surface area contributed by atoms with Gasteiger partial charge in [0.25, 0.3) is 0 Å². The summed E-state index contributed by atoms with van der Waals surface area (Å²) in [6.45, 7) is 4.96. The third kappa shape index (κ3) is 4.13. The Morgan fingerprint density at radius 3 is 2.90 bits per heavy atom. The number of hydrogen-bond acceptors (Lipinski definition) is 3. The van der Waals surface area contributed by atoms with Crippen molar-refractivity contribution in [3.63, 3.8) is 0 Å². The summed E-state index contributed by atoms with van der Waals surface area (Å²) in [5.74, 6) is 1.64. The lowest BCUT2D eigenvalue weighted by molar-refractivity contribution is -0.142. The maximum atomic E-state index is 11.5. The smallest absolute Gasteiger partial charge is 0.308 e. The third-order valence-corrected chi connectivity index (χ3v) is 4.28. The van der Waals surface area contributed by atoms with E-state index in [9.17, 15) is 4.79 Å². The molecule has 0 bridgehead atoms. The minimum absolute atomic E-state index is 0.0802. The van der Waals surface area contributed by atoms with Crippen LogP contribution >= 0.6 is 11.6 Å². The van der Waals surface area contributed by atoms with E-state index >= 15 is 0 Å². The van der Waals surface area contributed by atoms with Crippen LogP contribution in [0.1, 0.15) is 44.6 Å². The fraction of sp³-hybridized carbons (Fsp3) is 0.588. The Morgan fingerprint density at radius 2 is 2.24 bits per heavy atom. The number of ether oxygens (including phenoxy) is 2. The largest absolute Gasteiger partial charge is 0.493 e. The zero-order valence-corrected chi connectivity index (χ0v) is 13.7. The van der Waals surface area contributed by atoms with Crippen molar-refractivity contribution >= 4 is 17.6 Å². The average molecular weight is 311 g/mol. The molecule has 0 aliphatic heterocycles. The molecular formula is C17H23ClO3. The predicted molar refractivity (Wildman–Crippen MR) is 83.9 cm³/mol. The molecular weight excluding hydrogens is 288 g/mol. The first-order valence-corrected chi connectivity index (χ1v) is 7.94. The van der Waals surface area contributed by atoms with E-state index in [1.807, 2.05) is 18.2 Å². The highest BCUT2D eigenvalue weighted by Gasteiger charge is 2.44. The predicted octanol–water partition coefficient (Wildman–Crippen LogP) is 4.43. The topological polar surface area (TPSA) is 35.5 Å². The van der Waals surface area contributed by atoms with Crippen LogP contribution in [0.5, 0.6) is 5.75 Å². The van der Waals surface area contributed by atoms with E-state index in [1.54, 1.807) is 0 Å². The molecule has 116 valence electrons. The van der Waals surface area contributed by atoms with E-state index in [1.165, 1.54) is 7.11 Å². The lowest BCUT2D eigenvalue weighted by Gasteiger charge is -2.17. The summed E-state index contributed by atoms with van der Waals surface area (Å²) in [4.78, 5) is 11.5. The highest BCUT2D eigenvalue weighted by Crippen LogP contribution is 2.46. The molecule has 0 saturated heterocycles. The van der Waals surface area contributed by atoms with Crippen molar-refractivity contribution < 1.29 is 14.3 Å². The number of esters is 1. The molecule has 0 spiro atoms. The van der Waals surface area contributed by atoms with Crippen molar-refractivity contribution in [1.29, 1.82) is 0 Å². The quantitative estimate of drug-likeness (QED) is 0.699. The molecule has 1 aromatic rings. The number of methoxy groups -OCH3 is 1. The minimum atomic E-state index is -0.0826. The van der Waals surface area contributed by atoms with E-state index in [2.05, 4.69) is 13.8 Å². The van der Waals surface area contributed by atoms with Crippen molar-refractivity contribution in [3.05, 3.63) is 28.8 Å².